The fourth-order valence-electron chi connectivity index (χ4n) is 2.28. The topological polar surface area (TPSA) is 89.3 Å². The number of sulfonamides is 1. The van der Waals surface area contributed by atoms with Gasteiger partial charge in [0, 0.05) is 17.0 Å². The lowest BCUT2D eigenvalue weighted by Gasteiger charge is -2.13. The number of carbonyl (C=O) groups is 1. The second-order valence-corrected chi connectivity index (χ2v) is 7.97. The normalized spacial score (nSPS) is 11.3. The minimum atomic E-state index is -3.83. The summed E-state index contributed by atoms with van der Waals surface area (Å²) in [6, 6.07) is 10.2. The maximum Gasteiger partial charge on any atom is 0.255 e. The molecule has 0 saturated carbocycles. The SMILES string of the molecule is CSCc1cccc(C(=O)Nc2cc(S(N)(=O)=O)cc(C)c2C)c1. The van der Waals surface area contributed by atoms with E-state index in [4.69, 9.17) is 5.14 Å². The van der Waals surface area contributed by atoms with Crippen molar-refractivity contribution in [2.75, 3.05) is 11.6 Å². The lowest BCUT2D eigenvalue weighted by Crippen LogP contribution is -2.16. The van der Waals surface area contributed by atoms with Gasteiger partial charge in [0.2, 0.25) is 10.0 Å². The van der Waals surface area contributed by atoms with Crippen molar-refractivity contribution in [2.24, 2.45) is 5.14 Å². The van der Waals surface area contributed by atoms with E-state index in [1.165, 1.54) is 12.1 Å². The third kappa shape index (κ3) is 4.37. The Bertz CT molecular complexity index is 877. The van der Waals surface area contributed by atoms with Crippen molar-refractivity contribution in [3.05, 3.63) is 58.7 Å². The van der Waals surface area contributed by atoms with Gasteiger partial charge in [0.25, 0.3) is 5.91 Å². The van der Waals surface area contributed by atoms with Crippen LogP contribution in [0.25, 0.3) is 0 Å². The summed E-state index contributed by atoms with van der Waals surface area (Å²) in [6.07, 6.45) is 2.00. The van der Waals surface area contributed by atoms with E-state index in [-0.39, 0.29) is 10.8 Å². The predicted molar refractivity (Wildman–Crippen MR) is 98.9 cm³/mol. The Kier molecular flexibility index (Phi) is 5.69. The number of thioether (sulfide) groups is 1. The summed E-state index contributed by atoms with van der Waals surface area (Å²) in [6.45, 7) is 3.60. The van der Waals surface area contributed by atoms with Crippen LogP contribution in [0.5, 0.6) is 0 Å². The van der Waals surface area contributed by atoms with Gasteiger partial charge in [0.1, 0.15) is 0 Å². The zero-order chi connectivity index (χ0) is 17.9. The molecule has 128 valence electrons. The van der Waals surface area contributed by atoms with Crippen molar-refractivity contribution < 1.29 is 13.2 Å². The average molecular weight is 364 g/mol. The first-order valence-corrected chi connectivity index (χ1v) is 10.2. The monoisotopic (exact) mass is 364 g/mol. The van der Waals surface area contributed by atoms with Crippen molar-refractivity contribution in [1.29, 1.82) is 0 Å². The number of nitrogens with two attached hydrogens (primary N) is 1. The molecule has 0 aliphatic carbocycles. The third-order valence-electron chi connectivity index (χ3n) is 3.72. The zero-order valence-corrected chi connectivity index (χ0v) is 15.4. The van der Waals surface area contributed by atoms with Crippen molar-refractivity contribution >= 4 is 33.4 Å². The predicted octanol–water partition coefficient (Wildman–Crippen LogP) is 3.07. The van der Waals surface area contributed by atoms with E-state index >= 15 is 0 Å². The molecule has 7 heteroatoms. The van der Waals surface area contributed by atoms with Gasteiger partial charge in [-0.25, -0.2) is 13.6 Å². The molecule has 0 spiro atoms. The second-order valence-electron chi connectivity index (χ2n) is 5.55. The highest BCUT2D eigenvalue weighted by molar-refractivity contribution is 7.97. The van der Waals surface area contributed by atoms with Crippen LogP contribution in [-0.4, -0.2) is 20.6 Å². The van der Waals surface area contributed by atoms with Gasteiger partial charge in [-0.3, -0.25) is 4.79 Å². The molecular formula is C17H20N2O3S2. The van der Waals surface area contributed by atoms with E-state index < -0.39 is 10.0 Å². The van der Waals surface area contributed by atoms with Crippen LogP contribution in [0.1, 0.15) is 27.0 Å². The number of anilines is 1. The lowest BCUT2D eigenvalue weighted by molar-refractivity contribution is 0.102. The van der Waals surface area contributed by atoms with Gasteiger partial charge in [-0.05, 0) is 61.1 Å². The van der Waals surface area contributed by atoms with Crippen LogP contribution in [-0.2, 0) is 15.8 Å². The summed E-state index contributed by atoms with van der Waals surface area (Å²) in [5.41, 5.74) is 3.57. The quantitative estimate of drug-likeness (QED) is 0.853. The van der Waals surface area contributed by atoms with E-state index in [1.807, 2.05) is 31.4 Å². The molecule has 3 N–H and O–H groups in total. The summed E-state index contributed by atoms with van der Waals surface area (Å²) in [5, 5.41) is 7.98. The van der Waals surface area contributed by atoms with E-state index in [2.05, 4.69) is 5.32 Å². The molecule has 0 unspecified atom stereocenters. The number of carbonyl (C=O) groups excluding carboxylic acids is 1. The van der Waals surface area contributed by atoms with Gasteiger partial charge >= 0.3 is 0 Å². The Balaban J connectivity index is 2.35. The Morgan fingerprint density at radius 2 is 1.92 bits per heavy atom. The molecule has 24 heavy (non-hydrogen) atoms. The fourth-order valence-corrected chi connectivity index (χ4v) is 3.42. The summed E-state index contributed by atoms with van der Waals surface area (Å²) in [4.78, 5) is 12.5. The standard InChI is InChI=1S/C17H20N2O3S2/c1-11-7-15(24(18,21)22)9-16(12(11)2)19-17(20)14-6-4-5-13(8-14)10-23-3/h4-9H,10H2,1-3H3,(H,19,20)(H2,18,21,22). The molecule has 0 atom stereocenters. The largest absolute Gasteiger partial charge is 0.322 e. The van der Waals surface area contributed by atoms with Gasteiger partial charge in [-0.2, -0.15) is 11.8 Å². The van der Waals surface area contributed by atoms with Gasteiger partial charge in [0.05, 0.1) is 4.90 Å². The smallest absolute Gasteiger partial charge is 0.255 e. The van der Waals surface area contributed by atoms with Gasteiger partial charge < -0.3 is 5.32 Å². The molecule has 2 aromatic carbocycles. The first kappa shape index (κ1) is 18.5. The Hall–Kier alpha value is -1.83. The minimum Gasteiger partial charge on any atom is -0.322 e. The minimum absolute atomic E-state index is 0.0166. The molecule has 2 rings (SSSR count). The highest BCUT2D eigenvalue weighted by Gasteiger charge is 2.15. The zero-order valence-electron chi connectivity index (χ0n) is 13.8. The molecule has 0 aromatic heterocycles. The second kappa shape index (κ2) is 7.38. The fraction of sp³-hybridized carbons (Fsp3) is 0.235. The summed E-state index contributed by atoms with van der Waals surface area (Å²) >= 11 is 1.68. The number of aryl methyl sites for hydroxylation is 1. The highest BCUT2D eigenvalue weighted by Crippen LogP contribution is 2.24. The number of benzene rings is 2. The van der Waals surface area contributed by atoms with Gasteiger partial charge in [-0.15, -0.1) is 0 Å². The number of primary sulfonamides is 1. The van der Waals surface area contributed by atoms with Crippen molar-refractivity contribution in [1.82, 2.24) is 0 Å². The molecule has 0 radical (unpaired) electrons. The summed E-state index contributed by atoms with van der Waals surface area (Å²) < 4.78 is 23.2. The van der Waals surface area contributed by atoms with E-state index in [1.54, 1.807) is 24.8 Å². The summed E-state index contributed by atoms with van der Waals surface area (Å²) in [5.74, 6) is 0.534. The number of hydrogen-bond donors (Lipinski definition) is 2. The first-order valence-electron chi connectivity index (χ1n) is 7.25. The molecule has 0 heterocycles. The van der Waals surface area contributed by atoms with E-state index in [0.29, 0.717) is 11.3 Å². The Labute approximate surface area is 146 Å². The van der Waals surface area contributed by atoms with Crippen LogP contribution in [0.4, 0.5) is 5.69 Å². The molecule has 5 nitrogen and oxygen atoms in total. The Morgan fingerprint density at radius 1 is 1.21 bits per heavy atom. The van der Waals surface area contributed by atoms with Gasteiger partial charge in [0.15, 0.2) is 0 Å². The molecule has 0 bridgehead atoms. The first-order chi connectivity index (χ1) is 11.2. The third-order valence-corrected chi connectivity index (χ3v) is 5.23. The number of rotatable bonds is 5. The Morgan fingerprint density at radius 3 is 2.54 bits per heavy atom. The van der Waals surface area contributed by atoms with E-state index in [9.17, 15) is 13.2 Å². The molecule has 0 aliphatic rings. The van der Waals surface area contributed by atoms with E-state index in [0.717, 1.165) is 22.4 Å². The highest BCUT2D eigenvalue weighted by atomic mass is 32.2. The van der Waals surface area contributed by atoms with Gasteiger partial charge in [-0.1, -0.05) is 12.1 Å². The van der Waals surface area contributed by atoms with Crippen LogP contribution in [0.15, 0.2) is 41.3 Å². The maximum absolute atomic E-state index is 12.5. The maximum atomic E-state index is 12.5. The number of nitrogens with one attached hydrogen (secondary N) is 1. The molecule has 0 saturated heterocycles. The number of amides is 1. The van der Waals surface area contributed by atoms with Crippen LogP contribution in [0, 0.1) is 13.8 Å². The summed E-state index contributed by atoms with van der Waals surface area (Å²) in [7, 11) is -3.83. The molecular weight excluding hydrogens is 344 g/mol. The van der Waals surface area contributed by atoms with Crippen molar-refractivity contribution in [3.8, 4) is 0 Å². The van der Waals surface area contributed by atoms with Crippen LogP contribution < -0.4 is 10.5 Å². The van der Waals surface area contributed by atoms with Crippen LogP contribution in [0.2, 0.25) is 0 Å². The van der Waals surface area contributed by atoms with Crippen LogP contribution >= 0.6 is 11.8 Å². The average Bonchev–Trinajstić information content (AvgIpc) is 2.51. The molecule has 1 amide bonds. The molecule has 0 fully saturated rings. The molecule has 0 aliphatic heterocycles. The van der Waals surface area contributed by atoms with Crippen LogP contribution in [0.3, 0.4) is 0 Å². The number of hydrogen-bond acceptors (Lipinski definition) is 4. The molecule has 2 aromatic rings. The lowest BCUT2D eigenvalue weighted by atomic mass is 10.1. The van der Waals surface area contributed by atoms with Crippen molar-refractivity contribution in [3.63, 3.8) is 0 Å². The van der Waals surface area contributed by atoms with Crippen molar-refractivity contribution in [2.45, 2.75) is 24.5 Å².